The van der Waals surface area contributed by atoms with Gasteiger partial charge in [-0.25, -0.2) is 0 Å². The molecule has 0 amide bonds. The number of hydrogen-bond acceptors (Lipinski definition) is 3. The van der Waals surface area contributed by atoms with Crippen molar-refractivity contribution in [1.29, 1.82) is 0 Å². The first kappa shape index (κ1) is 13.5. The first-order chi connectivity index (χ1) is 8.74. The lowest BCUT2D eigenvalue weighted by Crippen LogP contribution is -2.43. The van der Waals surface area contributed by atoms with Crippen molar-refractivity contribution < 1.29 is 0 Å². The SMILES string of the molecule is CCC(N)C(c1ccncc1)N(C)C1CCCC1. The summed E-state index contributed by atoms with van der Waals surface area (Å²) in [6, 6.07) is 5.41. The molecule has 18 heavy (non-hydrogen) atoms. The van der Waals surface area contributed by atoms with E-state index >= 15 is 0 Å². The van der Waals surface area contributed by atoms with E-state index in [1.165, 1.54) is 31.2 Å². The minimum absolute atomic E-state index is 0.193. The molecule has 0 aliphatic heterocycles. The second kappa shape index (κ2) is 6.30. The van der Waals surface area contributed by atoms with Gasteiger partial charge in [0.15, 0.2) is 0 Å². The maximum Gasteiger partial charge on any atom is 0.0500 e. The Kier molecular flexibility index (Phi) is 4.72. The molecule has 1 aromatic heterocycles. The summed E-state index contributed by atoms with van der Waals surface area (Å²) in [5.41, 5.74) is 7.66. The highest BCUT2D eigenvalue weighted by Gasteiger charge is 2.29. The summed E-state index contributed by atoms with van der Waals surface area (Å²) in [6.45, 7) is 2.17. The molecular weight excluding hydrogens is 222 g/mol. The fourth-order valence-corrected chi connectivity index (χ4v) is 3.11. The number of aromatic nitrogens is 1. The molecule has 0 spiro atoms. The molecule has 0 saturated heterocycles. The van der Waals surface area contributed by atoms with E-state index in [4.69, 9.17) is 5.73 Å². The smallest absolute Gasteiger partial charge is 0.0500 e. The van der Waals surface area contributed by atoms with Crippen LogP contribution in [0.15, 0.2) is 24.5 Å². The average molecular weight is 247 g/mol. The van der Waals surface area contributed by atoms with Crippen LogP contribution in [0.5, 0.6) is 0 Å². The molecule has 1 saturated carbocycles. The molecule has 2 N–H and O–H groups in total. The van der Waals surface area contributed by atoms with Crippen molar-refractivity contribution in [3.8, 4) is 0 Å². The number of hydrogen-bond donors (Lipinski definition) is 1. The van der Waals surface area contributed by atoms with Gasteiger partial charge < -0.3 is 5.73 Å². The molecule has 2 rings (SSSR count). The maximum absolute atomic E-state index is 6.36. The Bertz CT molecular complexity index is 346. The van der Waals surface area contributed by atoms with Gasteiger partial charge in [-0.3, -0.25) is 9.88 Å². The van der Waals surface area contributed by atoms with E-state index in [0.717, 1.165) is 6.42 Å². The largest absolute Gasteiger partial charge is 0.326 e. The summed E-state index contributed by atoms with van der Waals surface area (Å²) in [5.74, 6) is 0. The predicted molar refractivity (Wildman–Crippen MR) is 75.3 cm³/mol. The highest BCUT2D eigenvalue weighted by molar-refractivity contribution is 5.17. The minimum atomic E-state index is 0.193. The number of nitrogens with two attached hydrogens (primary N) is 1. The second-order valence-corrected chi connectivity index (χ2v) is 5.40. The molecule has 3 heteroatoms. The molecular formula is C15H25N3. The van der Waals surface area contributed by atoms with E-state index in [0.29, 0.717) is 12.1 Å². The number of nitrogens with zero attached hydrogens (tertiary/aromatic N) is 2. The third kappa shape index (κ3) is 2.90. The van der Waals surface area contributed by atoms with Crippen LogP contribution in [0.4, 0.5) is 0 Å². The number of likely N-dealkylation sites (N-methyl/N-ethyl adjacent to an activating group) is 1. The summed E-state index contributed by atoms with van der Waals surface area (Å²) < 4.78 is 0. The molecule has 1 heterocycles. The standard InChI is InChI=1S/C15H25N3/c1-3-14(16)15(12-8-10-17-11-9-12)18(2)13-6-4-5-7-13/h8-11,13-15H,3-7,16H2,1-2H3. The molecule has 3 nitrogen and oxygen atoms in total. The second-order valence-electron chi connectivity index (χ2n) is 5.40. The van der Waals surface area contributed by atoms with Gasteiger partial charge in [-0.1, -0.05) is 19.8 Å². The Labute approximate surface area is 110 Å². The normalized spacial score (nSPS) is 20.2. The summed E-state index contributed by atoms with van der Waals surface area (Å²) in [4.78, 5) is 6.61. The van der Waals surface area contributed by atoms with Crippen LogP contribution in [0.25, 0.3) is 0 Å². The first-order valence-electron chi connectivity index (χ1n) is 7.11. The van der Waals surface area contributed by atoms with Gasteiger partial charge in [0.2, 0.25) is 0 Å². The summed E-state index contributed by atoms with van der Waals surface area (Å²) in [6.07, 6.45) is 10.1. The molecule has 2 atom stereocenters. The van der Waals surface area contributed by atoms with E-state index in [1.807, 2.05) is 12.4 Å². The van der Waals surface area contributed by atoms with Crippen molar-refractivity contribution >= 4 is 0 Å². The van der Waals surface area contributed by atoms with Crippen LogP contribution in [-0.4, -0.2) is 29.0 Å². The van der Waals surface area contributed by atoms with Crippen LogP contribution in [-0.2, 0) is 0 Å². The summed E-state index contributed by atoms with van der Waals surface area (Å²) >= 11 is 0. The number of rotatable bonds is 5. The topological polar surface area (TPSA) is 42.1 Å². The van der Waals surface area contributed by atoms with Gasteiger partial charge in [0.25, 0.3) is 0 Å². The van der Waals surface area contributed by atoms with Crippen LogP contribution in [0.2, 0.25) is 0 Å². The zero-order valence-corrected chi connectivity index (χ0v) is 11.5. The third-order valence-electron chi connectivity index (χ3n) is 4.26. The van der Waals surface area contributed by atoms with Crippen LogP contribution >= 0.6 is 0 Å². The van der Waals surface area contributed by atoms with Crippen molar-refractivity contribution in [2.24, 2.45) is 5.73 Å². The Balaban J connectivity index is 2.19. The van der Waals surface area contributed by atoms with Crippen molar-refractivity contribution in [2.45, 2.75) is 57.2 Å². The lowest BCUT2D eigenvalue weighted by molar-refractivity contribution is 0.150. The van der Waals surface area contributed by atoms with Gasteiger partial charge in [-0.05, 0) is 44.0 Å². The quantitative estimate of drug-likeness (QED) is 0.870. The molecule has 1 aliphatic carbocycles. The zero-order chi connectivity index (χ0) is 13.0. The Morgan fingerprint density at radius 3 is 2.50 bits per heavy atom. The van der Waals surface area contributed by atoms with Crippen molar-refractivity contribution in [3.05, 3.63) is 30.1 Å². The first-order valence-corrected chi connectivity index (χ1v) is 7.11. The van der Waals surface area contributed by atoms with Crippen LogP contribution in [0.3, 0.4) is 0 Å². The molecule has 100 valence electrons. The van der Waals surface area contributed by atoms with Crippen LogP contribution in [0.1, 0.15) is 50.6 Å². The predicted octanol–water partition coefficient (Wildman–Crippen LogP) is 2.73. The molecule has 2 unspecified atom stereocenters. The van der Waals surface area contributed by atoms with Crippen molar-refractivity contribution in [1.82, 2.24) is 9.88 Å². The van der Waals surface area contributed by atoms with Crippen LogP contribution < -0.4 is 5.73 Å². The molecule has 0 bridgehead atoms. The minimum Gasteiger partial charge on any atom is -0.326 e. The lowest BCUT2D eigenvalue weighted by Gasteiger charge is -2.36. The Hall–Kier alpha value is -0.930. The van der Waals surface area contributed by atoms with E-state index in [-0.39, 0.29) is 6.04 Å². The highest BCUT2D eigenvalue weighted by Crippen LogP contribution is 2.31. The van der Waals surface area contributed by atoms with Gasteiger partial charge in [0.1, 0.15) is 0 Å². The van der Waals surface area contributed by atoms with Crippen molar-refractivity contribution in [3.63, 3.8) is 0 Å². The molecule has 1 fully saturated rings. The fraction of sp³-hybridized carbons (Fsp3) is 0.667. The van der Waals surface area contributed by atoms with E-state index in [9.17, 15) is 0 Å². The number of pyridine rings is 1. The van der Waals surface area contributed by atoms with Gasteiger partial charge in [0.05, 0.1) is 0 Å². The van der Waals surface area contributed by atoms with E-state index < -0.39 is 0 Å². The third-order valence-corrected chi connectivity index (χ3v) is 4.26. The van der Waals surface area contributed by atoms with Crippen LogP contribution in [0, 0.1) is 0 Å². The summed E-state index contributed by atoms with van der Waals surface area (Å²) in [7, 11) is 2.23. The maximum atomic E-state index is 6.36. The Morgan fingerprint density at radius 2 is 1.94 bits per heavy atom. The van der Waals surface area contributed by atoms with Gasteiger partial charge in [-0.2, -0.15) is 0 Å². The van der Waals surface area contributed by atoms with Gasteiger partial charge in [0, 0.05) is 30.5 Å². The fourth-order valence-electron chi connectivity index (χ4n) is 3.11. The zero-order valence-electron chi connectivity index (χ0n) is 11.5. The van der Waals surface area contributed by atoms with E-state index in [2.05, 4.69) is 36.0 Å². The average Bonchev–Trinajstić information content (AvgIpc) is 2.94. The summed E-state index contributed by atoms with van der Waals surface area (Å²) in [5, 5.41) is 0. The lowest BCUT2D eigenvalue weighted by atomic mass is 9.96. The van der Waals surface area contributed by atoms with E-state index in [1.54, 1.807) is 0 Å². The van der Waals surface area contributed by atoms with Crippen molar-refractivity contribution in [2.75, 3.05) is 7.05 Å². The monoisotopic (exact) mass is 247 g/mol. The van der Waals surface area contributed by atoms with Gasteiger partial charge >= 0.3 is 0 Å². The molecule has 1 aliphatic rings. The highest BCUT2D eigenvalue weighted by atomic mass is 15.2. The molecule has 0 aromatic carbocycles. The molecule has 1 aromatic rings. The Morgan fingerprint density at radius 1 is 1.33 bits per heavy atom. The van der Waals surface area contributed by atoms with Gasteiger partial charge in [-0.15, -0.1) is 0 Å². The molecule has 0 radical (unpaired) electrons.